The predicted molar refractivity (Wildman–Crippen MR) is 113 cm³/mol. The van der Waals surface area contributed by atoms with Gasteiger partial charge in [-0.2, -0.15) is 8.61 Å². The zero-order valence-electron chi connectivity index (χ0n) is 17.2. The number of sulfonamides is 2. The van der Waals surface area contributed by atoms with Crippen LogP contribution in [0.1, 0.15) is 20.8 Å². The normalized spacial score (nSPS) is 16.8. The zero-order chi connectivity index (χ0) is 21.7. The second-order valence-electron chi connectivity index (χ2n) is 6.74. The highest BCUT2D eigenvalue weighted by atomic mass is 32.2. The minimum atomic E-state index is -3.53. The first kappa shape index (κ1) is 23.7. The third kappa shape index (κ3) is 5.98. The zero-order valence-corrected chi connectivity index (χ0v) is 18.8. The van der Waals surface area contributed by atoms with Crippen molar-refractivity contribution in [3.05, 3.63) is 24.3 Å². The van der Waals surface area contributed by atoms with E-state index in [2.05, 4.69) is 5.32 Å². The summed E-state index contributed by atoms with van der Waals surface area (Å²) in [6, 6.07) is 6.11. The van der Waals surface area contributed by atoms with Gasteiger partial charge in [-0.15, -0.1) is 0 Å². The Bertz CT molecular complexity index is 889. The Balaban J connectivity index is 1.90. The van der Waals surface area contributed by atoms with Crippen LogP contribution >= 0.6 is 0 Å². The van der Waals surface area contributed by atoms with Crippen LogP contribution in [0.15, 0.2) is 29.2 Å². The second-order valence-corrected chi connectivity index (χ2v) is 10.9. The lowest BCUT2D eigenvalue weighted by Crippen LogP contribution is -2.50. The van der Waals surface area contributed by atoms with Crippen molar-refractivity contribution in [1.29, 1.82) is 0 Å². The van der Waals surface area contributed by atoms with Gasteiger partial charge in [-0.25, -0.2) is 16.8 Å². The lowest BCUT2D eigenvalue weighted by atomic mass is 10.3. The third-order valence-corrected chi connectivity index (χ3v) is 8.88. The molecule has 0 atom stereocenters. The molecule has 1 aliphatic rings. The number of nitrogens with zero attached hydrogens (tertiary/aromatic N) is 3. The molecule has 11 heteroatoms. The van der Waals surface area contributed by atoms with Crippen molar-refractivity contribution in [2.45, 2.75) is 25.7 Å². The first-order valence-corrected chi connectivity index (χ1v) is 12.8. The minimum absolute atomic E-state index is 0.0769. The first-order chi connectivity index (χ1) is 13.6. The third-order valence-electron chi connectivity index (χ3n) is 4.94. The van der Waals surface area contributed by atoms with Crippen LogP contribution in [0.2, 0.25) is 0 Å². The van der Waals surface area contributed by atoms with Gasteiger partial charge in [-0.3, -0.25) is 9.69 Å². The van der Waals surface area contributed by atoms with Gasteiger partial charge in [0.15, 0.2) is 0 Å². The average Bonchev–Trinajstić information content (AvgIpc) is 2.69. The summed E-state index contributed by atoms with van der Waals surface area (Å²) in [5.41, 5.74) is 0.515. The smallest absolute Gasteiger partial charge is 0.243 e. The van der Waals surface area contributed by atoms with Gasteiger partial charge in [0.1, 0.15) is 0 Å². The molecule has 0 saturated carbocycles. The maximum absolute atomic E-state index is 12.5. The van der Waals surface area contributed by atoms with Gasteiger partial charge in [-0.1, -0.05) is 13.8 Å². The Morgan fingerprint density at radius 2 is 1.52 bits per heavy atom. The minimum Gasteiger partial charge on any atom is -0.325 e. The van der Waals surface area contributed by atoms with Gasteiger partial charge in [0.2, 0.25) is 26.0 Å². The number of anilines is 1. The largest absolute Gasteiger partial charge is 0.325 e. The number of benzene rings is 1. The molecule has 2 rings (SSSR count). The Labute approximate surface area is 173 Å². The van der Waals surface area contributed by atoms with Crippen LogP contribution in [-0.4, -0.2) is 87.8 Å². The van der Waals surface area contributed by atoms with Crippen molar-refractivity contribution < 1.29 is 21.6 Å². The number of carbonyl (C=O) groups is 1. The van der Waals surface area contributed by atoms with Crippen molar-refractivity contribution in [2.75, 3.05) is 56.9 Å². The number of hydrogen-bond acceptors (Lipinski definition) is 6. The molecule has 1 fully saturated rings. The summed E-state index contributed by atoms with van der Waals surface area (Å²) in [5.74, 6) is -0.149. The Hall–Kier alpha value is -1.53. The maximum atomic E-state index is 12.5. The van der Waals surface area contributed by atoms with E-state index >= 15 is 0 Å². The summed E-state index contributed by atoms with van der Waals surface area (Å²) in [6.07, 6.45) is 0. The highest BCUT2D eigenvalue weighted by Crippen LogP contribution is 2.18. The molecule has 1 aromatic carbocycles. The first-order valence-electron chi connectivity index (χ1n) is 9.74. The molecular formula is C18H30N4O5S2. The highest BCUT2D eigenvalue weighted by molar-refractivity contribution is 7.89. The number of rotatable bonds is 9. The SMILES string of the molecule is CCN(CC)S(=O)(=O)c1ccc(NC(=O)CN2CCN(S(=O)(=O)CC)CC2)cc1. The van der Waals surface area contributed by atoms with E-state index in [4.69, 9.17) is 0 Å². The van der Waals surface area contributed by atoms with E-state index in [0.717, 1.165) is 0 Å². The monoisotopic (exact) mass is 446 g/mol. The lowest BCUT2D eigenvalue weighted by Gasteiger charge is -2.33. The summed E-state index contributed by atoms with van der Waals surface area (Å²) < 4.78 is 51.6. The molecule has 29 heavy (non-hydrogen) atoms. The van der Waals surface area contributed by atoms with Crippen LogP contribution in [0, 0.1) is 0 Å². The molecular weight excluding hydrogens is 416 g/mol. The molecule has 0 aliphatic carbocycles. The molecule has 9 nitrogen and oxygen atoms in total. The highest BCUT2D eigenvalue weighted by Gasteiger charge is 2.26. The topological polar surface area (TPSA) is 107 Å². The van der Waals surface area contributed by atoms with Crippen molar-refractivity contribution >= 4 is 31.6 Å². The van der Waals surface area contributed by atoms with E-state index in [9.17, 15) is 21.6 Å². The van der Waals surface area contributed by atoms with Gasteiger partial charge in [0, 0.05) is 45.0 Å². The fraction of sp³-hybridized carbons (Fsp3) is 0.611. The molecule has 0 radical (unpaired) electrons. The van der Waals surface area contributed by atoms with Crippen molar-refractivity contribution in [3.63, 3.8) is 0 Å². The van der Waals surface area contributed by atoms with Crippen LogP contribution in [0.5, 0.6) is 0 Å². The maximum Gasteiger partial charge on any atom is 0.243 e. The number of piperazine rings is 1. The fourth-order valence-corrected chi connectivity index (χ4v) is 5.72. The second kappa shape index (κ2) is 9.98. The number of carbonyl (C=O) groups excluding carboxylic acids is 1. The van der Waals surface area contributed by atoms with Crippen LogP contribution in [0.4, 0.5) is 5.69 Å². The molecule has 1 aromatic rings. The Morgan fingerprint density at radius 1 is 0.966 bits per heavy atom. The number of amides is 1. The summed E-state index contributed by atoms with van der Waals surface area (Å²) in [5, 5.41) is 2.76. The van der Waals surface area contributed by atoms with Gasteiger partial charge >= 0.3 is 0 Å². The summed E-state index contributed by atoms with van der Waals surface area (Å²) in [6.45, 7) is 7.87. The molecule has 1 heterocycles. The van der Waals surface area contributed by atoms with Gasteiger partial charge in [0.05, 0.1) is 17.2 Å². The standard InChI is InChI=1S/C18H30N4O5S2/c1-4-21(5-2)29(26,27)17-9-7-16(8-10-17)19-18(23)15-20-11-13-22(14-12-20)28(24,25)6-3/h7-10H,4-6,11-15H2,1-3H3,(H,19,23). The van der Waals surface area contributed by atoms with Crippen LogP contribution in [-0.2, 0) is 24.8 Å². The quantitative estimate of drug-likeness (QED) is 0.596. The van der Waals surface area contributed by atoms with Gasteiger partial charge in [-0.05, 0) is 31.2 Å². The molecule has 1 amide bonds. The van der Waals surface area contributed by atoms with Crippen LogP contribution < -0.4 is 5.32 Å². The summed E-state index contributed by atoms with van der Waals surface area (Å²) in [7, 11) is -6.72. The molecule has 0 bridgehead atoms. The molecule has 1 N–H and O–H groups in total. The van der Waals surface area contributed by atoms with E-state index in [1.807, 2.05) is 4.90 Å². The van der Waals surface area contributed by atoms with Gasteiger partial charge < -0.3 is 5.32 Å². The Morgan fingerprint density at radius 3 is 2.00 bits per heavy atom. The van der Waals surface area contributed by atoms with E-state index in [1.165, 1.54) is 20.7 Å². The van der Waals surface area contributed by atoms with Crippen molar-refractivity contribution in [3.8, 4) is 0 Å². The molecule has 0 aromatic heterocycles. The van der Waals surface area contributed by atoms with Crippen LogP contribution in [0.25, 0.3) is 0 Å². The van der Waals surface area contributed by atoms with E-state index in [-0.39, 0.29) is 23.1 Å². The molecule has 164 valence electrons. The molecule has 1 aliphatic heterocycles. The van der Waals surface area contributed by atoms with Crippen molar-refractivity contribution in [1.82, 2.24) is 13.5 Å². The summed E-state index contributed by atoms with van der Waals surface area (Å²) >= 11 is 0. The van der Waals surface area contributed by atoms with Crippen molar-refractivity contribution in [2.24, 2.45) is 0 Å². The molecule has 0 unspecified atom stereocenters. The Kier molecular flexibility index (Phi) is 8.18. The van der Waals surface area contributed by atoms with Gasteiger partial charge in [0.25, 0.3) is 0 Å². The number of nitrogens with one attached hydrogen (secondary N) is 1. The molecule has 0 spiro atoms. The van der Waals surface area contributed by atoms with E-state index < -0.39 is 20.0 Å². The average molecular weight is 447 g/mol. The van der Waals surface area contributed by atoms with E-state index in [0.29, 0.717) is 45.0 Å². The number of hydrogen-bond donors (Lipinski definition) is 1. The molecule has 1 saturated heterocycles. The fourth-order valence-electron chi connectivity index (χ4n) is 3.17. The lowest BCUT2D eigenvalue weighted by molar-refractivity contribution is -0.117. The predicted octanol–water partition coefficient (Wildman–Crippen LogP) is 0.623. The summed E-state index contributed by atoms with van der Waals surface area (Å²) in [4.78, 5) is 14.4. The van der Waals surface area contributed by atoms with Crippen LogP contribution in [0.3, 0.4) is 0 Å². The van der Waals surface area contributed by atoms with E-state index in [1.54, 1.807) is 32.9 Å².